The smallest absolute Gasteiger partial charge is 0.409 e. The van der Waals surface area contributed by atoms with E-state index in [4.69, 9.17) is 4.74 Å². The van der Waals surface area contributed by atoms with E-state index in [1.54, 1.807) is 26.0 Å². The number of halogens is 3. The highest BCUT2D eigenvalue weighted by Gasteiger charge is 2.51. The molecule has 1 saturated heterocycles. The average molecular weight is 344 g/mol. The summed E-state index contributed by atoms with van der Waals surface area (Å²) in [5.41, 5.74) is 1.54. The summed E-state index contributed by atoms with van der Waals surface area (Å²) < 4.78 is 46.4. The second-order valence-corrected chi connectivity index (χ2v) is 6.67. The van der Waals surface area contributed by atoms with Crippen LogP contribution >= 0.6 is 0 Å². The molecule has 0 aliphatic carbocycles. The first-order valence-corrected chi connectivity index (χ1v) is 8.02. The molecule has 4 nitrogen and oxygen atoms in total. The van der Waals surface area contributed by atoms with Crippen molar-refractivity contribution in [2.45, 2.75) is 45.8 Å². The van der Waals surface area contributed by atoms with Crippen LogP contribution in [-0.4, -0.2) is 30.2 Å². The Kier molecular flexibility index (Phi) is 5.42. The maximum absolute atomic E-state index is 13.6. The molecule has 1 aromatic rings. The van der Waals surface area contributed by atoms with Crippen LogP contribution < -0.4 is 10.2 Å². The molecule has 1 aromatic carbocycles. The van der Waals surface area contributed by atoms with Gasteiger partial charge in [-0.1, -0.05) is 25.5 Å². The molecule has 1 N–H and O–H groups in total. The number of rotatable bonds is 6. The summed E-state index contributed by atoms with van der Waals surface area (Å²) >= 11 is 0. The molecule has 1 aliphatic heterocycles. The standard InChI is InChI=1S/C17H23F3N2O2/c1-4-5-9-24-13-8-6-7-12(10-13)14(17(18,19)20)22-11-16(2,3)15(23)21-22/h6-8,10,14H,4-5,9,11H2,1-3H3,(H,21,23). The fourth-order valence-electron chi connectivity index (χ4n) is 2.63. The number of amides is 1. The molecule has 0 spiro atoms. The van der Waals surface area contributed by atoms with Gasteiger partial charge in [0.05, 0.1) is 12.0 Å². The third-order valence-electron chi connectivity index (χ3n) is 3.99. The van der Waals surface area contributed by atoms with Gasteiger partial charge < -0.3 is 4.74 Å². The number of hydrogen-bond donors (Lipinski definition) is 1. The first-order chi connectivity index (χ1) is 11.1. The van der Waals surface area contributed by atoms with Crippen molar-refractivity contribution in [3.05, 3.63) is 29.8 Å². The highest BCUT2D eigenvalue weighted by Crippen LogP contribution is 2.41. The van der Waals surface area contributed by atoms with Crippen molar-refractivity contribution in [2.75, 3.05) is 13.2 Å². The van der Waals surface area contributed by atoms with Crippen LogP contribution in [-0.2, 0) is 4.79 Å². The van der Waals surface area contributed by atoms with Crippen molar-refractivity contribution >= 4 is 5.91 Å². The van der Waals surface area contributed by atoms with Crippen molar-refractivity contribution in [3.63, 3.8) is 0 Å². The Bertz CT molecular complexity index is 587. The van der Waals surface area contributed by atoms with Gasteiger partial charge in [0.2, 0.25) is 5.91 Å². The zero-order valence-corrected chi connectivity index (χ0v) is 14.1. The van der Waals surface area contributed by atoms with Crippen LogP contribution in [0, 0.1) is 5.41 Å². The molecular formula is C17H23F3N2O2. The molecule has 1 atom stereocenters. The van der Waals surface area contributed by atoms with Gasteiger partial charge in [0.15, 0.2) is 0 Å². The SMILES string of the molecule is CCCCOc1cccc(C(N2CC(C)(C)C(=O)N2)C(F)(F)F)c1. The second kappa shape index (κ2) is 7.01. The second-order valence-electron chi connectivity index (χ2n) is 6.67. The van der Waals surface area contributed by atoms with E-state index >= 15 is 0 Å². The van der Waals surface area contributed by atoms with E-state index < -0.39 is 23.5 Å². The number of carbonyl (C=O) groups excluding carboxylic acids is 1. The van der Waals surface area contributed by atoms with Crippen LogP contribution in [0.1, 0.15) is 45.2 Å². The Morgan fingerprint density at radius 3 is 2.62 bits per heavy atom. The Morgan fingerprint density at radius 1 is 1.38 bits per heavy atom. The van der Waals surface area contributed by atoms with E-state index in [2.05, 4.69) is 5.43 Å². The lowest BCUT2D eigenvalue weighted by molar-refractivity contribution is -0.191. The molecule has 0 aromatic heterocycles. The van der Waals surface area contributed by atoms with Gasteiger partial charge in [0.1, 0.15) is 11.8 Å². The quantitative estimate of drug-likeness (QED) is 0.797. The number of alkyl halides is 3. The summed E-state index contributed by atoms with van der Waals surface area (Å²) in [6.07, 6.45) is -2.74. The van der Waals surface area contributed by atoms with Gasteiger partial charge in [-0.25, -0.2) is 5.01 Å². The van der Waals surface area contributed by atoms with Gasteiger partial charge in [-0.3, -0.25) is 10.2 Å². The number of nitrogens with zero attached hydrogens (tertiary/aromatic N) is 1. The number of nitrogens with one attached hydrogen (secondary N) is 1. The minimum Gasteiger partial charge on any atom is -0.494 e. The molecule has 0 bridgehead atoms. The zero-order valence-electron chi connectivity index (χ0n) is 14.1. The molecule has 2 rings (SSSR count). The Balaban J connectivity index is 2.26. The number of hydrazine groups is 1. The van der Waals surface area contributed by atoms with Crippen molar-refractivity contribution in [3.8, 4) is 5.75 Å². The van der Waals surface area contributed by atoms with E-state index in [-0.39, 0.29) is 12.1 Å². The highest BCUT2D eigenvalue weighted by atomic mass is 19.4. The Morgan fingerprint density at radius 2 is 2.08 bits per heavy atom. The number of hydrogen-bond acceptors (Lipinski definition) is 3. The number of unbranched alkanes of at least 4 members (excludes halogenated alkanes) is 1. The van der Waals surface area contributed by atoms with Crippen molar-refractivity contribution < 1.29 is 22.7 Å². The summed E-state index contributed by atoms with van der Waals surface area (Å²) in [5, 5.41) is 0.966. The topological polar surface area (TPSA) is 41.6 Å². The summed E-state index contributed by atoms with van der Waals surface area (Å²) in [7, 11) is 0. The van der Waals surface area contributed by atoms with Gasteiger partial charge in [0, 0.05) is 6.54 Å². The van der Waals surface area contributed by atoms with Crippen LogP contribution in [0.4, 0.5) is 13.2 Å². The summed E-state index contributed by atoms with van der Waals surface area (Å²) in [4.78, 5) is 11.9. The van der Waals surface area contributed by atoms with Crippen LogP contribution in [0.3, 0.4) is 0 Å². The van der Waals surface area contributed by atoms with E-state index in [1.165, 1.54) is 12.1 Å². The van der Waals surface area contributed by atoms with Crippen molar-refractivity contribution in [1.29, 1.82) is 0 Å². The number of carbonyl (C=O) groups is 1. The van der Waals surface area contributed by atoms with Gasteiger partial charge in [0.25, 0.3) is 0 Å². The number of benzene rings is 1. The van der Waals surface area contributed by atoms with Crippen LogP contribution in [0.25, 0.3) is 0 Å². The highest BCUT2D eigenvalue weighted by molar-refractivity contribution is 5.83. The molecule has 7 heteroatoms. The van der Waals surface area contributed by atoms with E-state index in [0.717, 1.165) is 17.9 Å². The first-order valence-electron chi connectivity index (χ1n) is 8.02. The molecular weight excluding hydrogens is 321 g/mol. The maximum Gasteiger partial charge on any atom is 0.409 e. The monoisotopic (exact) mass is 344 g/mol. The van der Waals surface area contributed by atoms with Gasteiger partial charge in [-0.2, -0.15) is 13.2 Å². The molecule has 0 radical (unpaired) electrons. The number of ether oxygens (including phenoxy) is 1. The minimum atomic E-state index is -4.52. The molecule has 1 amide bonds. The van der Waals surface area contributed by atoms with E-state index in [1.807, 2.05) is 6.92 Å². The Hall–Kier alpha value is -1.76. The molecule has 1 aliphatic rings. The summed E-state index contributed by atoms with van der Waals surface area (Å²) in [6, 6.07) is 4.07. The molecule has 1 unspecified atom stereocenters. The first kappa shape index (κ1) is 18.6. The molecule has 1 heterocycles. The van der Waals surface area contributed by atoms with Crippen molar-refractivity contribution in [1.82, 2.24) is 10.4 Å². The largest absolute Gasteiger partial charge is 0.494 e. The van der Waals surface area contributed by atoms with E-state index in [9.17, 15) is 18.0 Å². The average Bonchev–Trinajstić information content (AvgIpc) is 2.71. The van der Waals surface area contributed by atoms with Gasteiger partial charge in [-0.15, -0.1) is 0 Å². The van der Waals surface area contributed by atoms with E-state index in [0.29, 0.717) is 12.4 Å². The van der Waals surface area contributed by atoms with Crippen LogP contribution in [0.5, 0.6) is 5.75 Å². The predicted octanol–water partition coefficient (Wildman–Crippen LogP) is 3.84. The normalized spacial score (nSPS) is 19.2. The maximum atomic E-state index is 13.6. The van der Waals surface area contributed by atoms with Crippen molar-refractivity contribution in [2.24, 2.45) is 5.41 Å². The lowest BCUT2D eigenvalue weighted by Gasteiger charge is -2.30. The zero-order chi connectivity index (χ0) is 18.0. The fourth-order valence-corrected chi connectivity index (χ4v) is 2.63. The molecule has 134 valence electrons. The molecule has 1 fully saturated rings. The molecule has 0 saturated carbocycles. The van der Waals surface area contributed by atoms with Gasteiger partial charge >= 0.3 is 6.18 Å². The Labute approximate surface area is 139 Å². The van der Waals surface area contributed by atoms with Gasteiger partial charge in [-0.05, 0) is 38.0 Å². The fraction of sp³-hybridized carbons (Fsp3) is 0.588. The lowest BCUT2D eigenvalue weighted by atomic mass is 9.93. The third kappa shape index (κ3) is 4.20. The van der Waals surface area contributed by atoms with Crippen LogP contribution in [0.15, 0.2) is 24.3 Å². The lowest BCUT2D eigenvalue weighted by Crippen LogP contribution is -2.43. The summed E-state index contributed by atoms with van der Waals surface area (Å²) in [6.45, 7) is 5.71. The summed E-state index contributed by atoms with van der Waals surface area (Å²) in [5.74, 6) is -0.00733. The van der Waals surface area contributed by atoms with Crippen LogP contribution in [0.2, 0.25) is 0 Å². The molecule has 24 heavy (non-hydrogen) atoms. The third-order valence-corrected chi connectivity index (χ3v) is 3.99. The predicted molar refractivity (Wildman–Crippen MR) is 84.3 cm³/mol. The minimum absolute atomic E-state index is 0.0169.